The van der Waals surface area contributed by atoms with Crippen LogP contribution >= 0.6 is 0 Å². The summed E-state index contributed by atoms with van der Waals surface area (Å²) in [5.74, 6) is 2.04. The normalized spacial score (nSPS) is 11.6. The van der Waals surface area contributed by atoms with Gasteiger partial charge in [0, 0.05) is 33.3 Å². The Hall–Kier alpha value is -3.16. The molecule has 0 aliphatic rings. The number of halogens is 1. The first kappa shape index (κ1) is 18.6. The number of likely N-dealkylation sites (N-methyl/N-ethyl adjacent to an activating group) is 1. The molecule has 0 bridgehead atoms. The summed E-state index contributed by atoms with van der Waals surface area (Å²) in [4.78, 5) is 6.27. The summed E-state index contributed by atoms with van der Waals surface area (Å²) in [6.07, 6.45) is 2.68. The van der Waals surface area contributed by atoms with Crippen LogP contribution in [0.5, 0.6) is 5.75 Å². The van der Waals surface area contributed by atoms with Crippen molar-refractivity contribution in [3.05, 3.63) is 60.3 Å². The molecular formula is C19H23FN6O. The van der Waals surface area contributed by atoms with Crippen LogP contribution in [0.3, 0.4) is 0 Å². The van der Waals surface area contributed by atoms with E-state index in [-0.39, 0.29) is 5.82 Å². The third-order valence-electron chi connectivity index (χ3n) is 4.10. The van der Waals surface area contributed by atoms with Gasteiger partial charge in [0.2, 0.25) is 0 Å². The van der Waals surface area contributed by atoms with Gasteiger partial charge in [-0.05, 0) is 36.4 Å². The van der Waals surface area contributed by atoms with E-state index in [0.717, 1.165) is 23.9 Å². The predicted molar refractivity (Wildman–Crippen MR) is 103 cm³/mol. The van der Waals surface area contributed by atoms with Crippen LogP contribution in [0.2, 0.25) is 0 Å². The van der Waals surface area contributed by atoms with Gasteiger partial charge in [-0.1, -0.05) is 6.07 Å². The van der Waals surface area contributed by atoms with Gasteiger partial charge in [0.15, 0.2) is 11.6 Å². The number of guanidine groups is 1. The van der Waals surface area contributed by atoms with Gasteiger partial charge in [-0.15, -0.1) is 10.2 Å². The molecule has 0 saturated carbocycles. The van der Waals surface area contributed by atoms with E-state index in [9.17, 15) is 4.39 Å². The highest BCUT2D eigenvalue weighted by Gasteiger charge is 2.08. The lowest BCUT2D eigenvalue weighted by Crippen LogP contribution is -2.41. The number of nitrogens with one attached hydrogen (secondary N) is 1. The molecule has 2 heterocycles. The van der Waals surface area contributed by atoms with Crippen LogP contribution < -0.4 is 10.1 Å². The van der Waals surface area contributed by atoms with Crippen LogP contribution in [0.15, 0.2) is 53.7 Å². The second kappa shape index (κ2) is 8.98. The quantitative estimate of drug-likeness (QED) is 0.509. The lowest BCUT2D eigenvalue weighted by molar-refractivity contribution is 0.281. The molecule has 7 nitrogen and oxygen atoms in total. The number of rotatable bonds is 7. The van der Waals surface area contributed by atoms with Gasteiger partial charge < -0.3 is 15.0 Å². The van der Waals surface area contributed by atoms with Crippen molar-refractivity contribution in [1.82, 2.24) is 24.8 Å². The molecule has 0 saturated heterocycles. The number of pyridine rings is 1. The Balaban J connectivity index is 1.44. The van der Waals surface area contributed by atoms with Crippen LogP contribution in [-0.4, -0.2) is 59.2 Å². The molecule has 0 aliphatic heterocycles. The first-order chi connectivity index (χ1) is 13.2. The summed E-state index contributed by atoms with van der Waals surface area (Å²) < 4.78 is 20.5. The molecule has 3 aromatic rings. The Morgan fingerprint density at radius 2 is 2.04 bits per heavy atom. The van der Waals surface area contributed by atoms with Gasteiger partial charge in [-0.25, -0.2) is 4.39 Å². The standard InChI is InChI=1S/C19H23FN6O/c1-21-19(25(2)13-14-27-16-8-6-15(20)7-9-16)22-11-10-18-24-23-17-5-3-4-12-26(17)18/h3-9,12H,10-11,13-14H2,1-2H3,(H,21,22). The van der Waals surface area contributed by atoms with Crippen LogP contribution in [0.4, 0.5) is 4.39 Å². The van der Waals surface area contributed by atoms with Crippen molar-refractivity contribution in [3.63, 3.8) is 0 Å². The van der Waals surface area contributed by atoms with Crippen molar-refractivity contribution >= 4 is 11.6 Å². The molecule has 0 fully saturated rings. The zero-order valence-electron chi connectivity index (χ0n) is 15.5. The van der Waals surface area contributed by atoms with Crippen molar-refractivity contribution in [2.75, 3.05) is 33.8 Å². The van der Waals surface area contributed by atoms with Crippen LogP contribution in [0, 0.1) is 5.82 Å². The van der Waals surface area contributed by atoms with Crippen LogP contribution in [0.1, 0.15) is 5.82 Å². The number of hydrogen-bond acceptors (Lipinski definition) is 4. The molecular weight excluding hydrogens is 347 g/mol. The van der Waals surface area contributed by atoms with Crippen molar-refractivity contribution in [2.45, 2.75) is 6.42 Å². The average Bonchev–Trinajstić information content (AvgIpc) is 3.10. The fourth-order valence-electron chi connectivity index (χ4n) is 2.67. The van der Waals surface area contributed by atoms with E-state index in [2.05, 4.69) is 20.5 Å². The molecule has 8 heteroatoms. The first-order valence-electron chi connectivity index (χ1n) is 8.76. The molecule has 142 valence electrons. The largest absolute Gasteiger partial charge is 0.492 e. The summed E-state index contributed by atoms with van der Waals surface area (Å²) >= 11 is 0. The fraction of sp³-hybridized carbons (Fsp3) is 0.316. The van der Waals surface area contributed by atoms with Crippen LogP contribution in [0.25, 0.3) is 5.65 Å². The van der Waals surface area contributed by atoms with E-state index in [1.54, 1.807) is 19.2 Å². The Labute approximate surface area is 157 Å². The Kier molecular flexibility index (Phi) is 6.19. The maximum absolute atomic E-state index is 12.9. The Morgan fingerprint density at radius 3 is 2.81 bits per heavy atom. The summed E-state index contributed by atoms with van der Waals surface area (Å²) in [7, 11) is 3.68. The number of benzene rings is 1. The Bertz CT molecular complexity index is 893. The highest BCUT2D eigenvalue weighted by molar-refractivity contribution is 5.79. The highest BCUT2D eigenvalue weighted by Crippen LogP contribution is 2.10. The SMILES string of the molecule is CN=C(NCCc1nnc2ccccn12)N(C)CCOc1ccc(F)cc1. The second-order valence-corrected chi connectivity index (χ2v) is 5.99. The van der Waals surface area contributed by atoms with Crippen molar-refractivity contribution in [1.29, 1.82) is 0 Å². The Morgan fingerprint density at radius 1 is 1.22 bits per heavy atom. The van der Waals surface area contributed by atoms with Gasteiger partial charge in [0.05, 0.1) is 6.54 Å². The molecule has 0 amide bonds. The minimum atomic E-state index is -0.274. The number of aromatic nitrogens is 3. The maximum atomic E-state index is 12.9. The fourth-order valence-corrected chi connectivity index (χ4v) is 2.67. The molecule has 1 aromatic carbocycles. The molecule has 1 N–H and O–H groups in total. The van der Waals surface area contributed by atoms with Gasteiger partial charge >= 0.3 is 0 Å². The lowest BCUT2D eigenvalue weighted by atomic mass is 10.3. The molecule has 0 spiro atoms. The number of aliphatic imine (C=N–C) groups is 1. The summed E-state index contributed by atoms with van der Waals surface area (Å²) in [5, 5.41) is 11.7. The van der Waals surface area contributed by atoms with Gasteiger partial charge in [0.25, 0.3) is 0 Å². The third-order valence-corrected chi connectivity index (χ3v) is 4.10. The third kappa shape index (κ3) is 4.93. The van der Waals surface area contributed by atoms with Crippen LogP contribution in [-0.2, 0) is 6.42 Å². The predicted octanol–water partition coefficient (Wildman–Crippen LogP) is 2.00. The van der Waals surface area contributed by atoms with E-state index in [0.29, 0.717) is 25.4 Å². The van der Waals surface area contributed by atoms with Gasteiger partial charge in [0.1, 0.15) is 24.0 Å². The van der Waals surface area contributed by atoms with Gasteiger partial charge in [-0.2, -0.15) is 0 Å². The topological polar surface area (TPSA) is 67.0 Å². The summed E-state index contributed by atoms with van der Waals surface area (Å²) in [5.41, 5.74) is 0.840. The minimum absolute atomic E-state index is 0.274. The highest BCUT2D eigenvalue weighted by atomic mass is 19.1. The molecule has 0 aliphatic carbocycles. The van der Waals surface area contributed by atoms with E-state index in [1.165, 1.54) is 12.1 Å². The van der Waals surface area contributed by atoms with Gasteiger partial charge in [-0.3, -0.25) is 9.39 Å². The lowest BCUT2D eigenvalue weighted by Gasteiger charge is -2.22. The number of nitrogens with zero attached hydrogens (tertiary/aromatic N) is 5. The second-order valence-electron chi connectivity index (χ2n) is 5.99. The van der Waals surface area contributed by atoms with E-state index >= 15 is 0 Å². The van der Waals surface area contributed by atoms with E-state index < -0.39 is 0 Å². The average molecular weight is 370 g/mol. The number of fused-ring (bicyclic) bond motifs is 1. The van der Waals surface area contributed by atoms with Crippen molar-refractivity contribution in [3.8, 4) is 5.75 Å². The molecule has 2 aromatic heterocycles. The number of ether oxygens (including phenoxy) is 1. The van der Waals surface area contributed by atoms with Crippen molar-refractivity contribution < 1.29 is 9.13 Å². The molecule has 3 rings (SSSR count). The molecule has 0 radical (unpaired) electrons. The zero-order chi connectivity index (χ0) is 19.1. The number of hydrogen-bond donors (Lipinski definition) is 1. The molecule has 27 heavy (non-hydrogen) atoms. The van der Waals surface area contributed by atoms with Crippen molar-refractivity contribution in [2.24, 2.45) is 4.99 Å². The van der Waals surface area contributed by atoms with E-state index in [1.807, 2.05) is 40.7 Å². The minimum Gasteiger partial charge on any atom is -0.492 e. The zero-order valence-corrected chi connectivity index (χ0v) is 15.5. The molecule has 0 unspecified atom stereocenters. The van der Waals surface area contributed by atoms with E-state index in [4.69, 9.17) is 4.74 Å². The summed E-state index contributed by atoms with van der Waals surface area (Å²) in [6.45, 7) is 1.80. The molecule has 0 atom stereocenters. The summed E-state index contributed by atoms with van der Waals surface area (Å²) in [6, 6.07) is 11.8. The smallest absolute Gasteiger partial charge is 0.193 e. The first-order valence-corrected chi connectivity index (χ1v) is 8.76. The monoisotopic (exact) mass is 370 g/mol. The maximum Gasteiger partial charge on any atom is 0.193 e.